The number of fused-ring (bicyclic) bond motifs is 1. The van der Waals surface area contributed by atoms with Gasteiger partial charge in [-0.15, -0.1) is 0 Å². The van der Waals surface area contributed by atoms with Crippen molar-refractivity contribution in [2.75, 3.05) is 13.1 Å². The summed E-state index contributed by atoms with van der Waals surface area (Å²) < 4.78 is 1.81. The van der Waals surface area contributed by atoms with E-state index in [1.165, 1.54) is 0 Å². The minimum atomic E-state index is -0.952. The van der Waals surface area contributed by atoms with Crippen LogP contribution in [0.15, 0.2) is 10.9 Å². The van der Waals surface area contributed by atoms with Crippen LogP contribution in [0.25, 0.3) is 0 Å². The fourth-order valence-corrected chi connectivity index (χ4v) is 2.96. The van der Waals surface area contributed by atoms with E-state index in [1.807, 2.05) is 10.6 Å². The Balaban J connectivity index is 2.51. The van der Waals surface area contributed by atoms with E-state index in [9.17, 15) is 9.59 Å². The van der Waals surface area contributed by atoms with Crippen LogP contribution in [0.2, 0.25) is 0 Å². The van der Waals surface area contributed by atoms with Gasteiger partial charge >= 0.3 is 5.97 Å². The molecular weight excluding hydrogens is 268 g/mol. The van der Waals surface area contributed by atoms with Crippen LogP contribution in [-0.4, -0.2) is 33.6 Å². The summed E-state index contributed by atoms with van der Waals surface area (Å²) >= 11 is 0. The Hall–Kier alpha value is -1.62. The molecule has 1 aromatic rings. The average molecular weight is 292 g/mol. The summed E-state index contributed by atoms with van der Waals surface area (Å²) in [4.78, 5) is 25.8. The lowest BCUT2D eigenvalue weighted by atomic mass is 10.0. The van der Waals surface area contributed by atoms with Gasteiger partial charge in [-0.1, -0.05) is 20.8 Å². The van der Waals surface area contributed by atoms with Gasteiger partial charge in [-0.05, 0) is 24.1 Å². The van der Waals surface area contributed by atoms with E-state index in [2.05, 4.69) is 25.7 Å². The summed E-state index contributed by atoms with van der Waals surface area (Å²) in [6, 6.07) is 1.81. The number of pyridine rings is 1. The first kappa shape index (κ1) is 15.8. The van der Waals surface area contributed by atoms with Crippen LogP contribution in [-0.2, 0) is 30.7 Å². The SMILES string of the molecule is CCN1CCc2c(cc(CC(=O)O)c(=O)n2CC(C)C)C1. The fraction of sp³-hybridized carbons (Fsp3) is 0.625. The third-order valence-electron chi connectivity index (χ3n) is 3.96. The van der Waals surface area contributed by atoms with Crippen molar-refractivity contribution in [3.63, 3.8) is 0 Å². The topological polar surface area (TPSA) is 62.5 Å². The summed E-state index contributed by atoms with van der Waals surface area (Å²) in [6.45, 7) is 9.65. The molecule has 0 spiro atoms. The molecule has 0 aliphatic carbocycles. The number of aliphatic carboxylic acids is 1. The number of likely N-dealkylation sites (N-methyl/N-ethyl adjacent to an activating group) is 1. The van der Waals surface area contributed by atoms with Crippen molar-refractivity contribution >= 4 is 5.97 Å². The molecule has 0 atom stereocenters. The van der Waals surface area contributed by atoms with Crippen molar-refractivity contribution in [3.8, 4) is 0 Å². The molecule has 5 nitrogen and oxygen atoms in total. The first-order chi connectivity index (χ1) is 9.92. The van der Waals surface area contributed by atoms with Crippen LogP contribution in [0.4, 0.5) is 0 Å². The Morgan fingerprint density at radius 2 is 2.14 bits per heavy atom. The second kappa shape index (κ2) is 6.43. The molecule has 0 saturated heterocycles. The minimum absolute atomic E-state index is 0.130. The number of carboxylic acids is 1. The third kappa shape index (κ3) is 3.53. The summed E-state index contributed by atoms with van der Waals surface area (Å²) in [7, 11) is 0. The zero-order valence-corrected chi connectivity index (χ0v) is 13.1. The first-order valence-electron chi connectivity index (χ1n) is 7.61. The number of rotatable bonds is 5. The highest BCUT2D eigenvalue weighted by Crippen LogP contribution is 2.19. The highest BCUT2D eigenvalue weighted by molar-refractivity contribution is 5.70. The predicted molar refractivity (Wildman–Crippen MR) is 81.5 cm³/mol. The van der Waals surface area contributed by atoms with Gasteiger partial charge in [-0.25, -0.2) is 0 Å². The Kier molecular flexibility index (Phi) is 4.83. The molecule has 0 saturated carbocycles. The molecule has 0 bridgehead atoms. The molecule has 2 rings (SSSR count). The van der Waals surface area contributed by atoms with Gasteiger partial charge < -0.3 is 9.67 Å². The molecule has 21 heavy (non-hydrogen) atoms. The zero-order chi connectivity index (χ0) is 15.6. The monoisotopic (exact) mass is 292 g/mol. The van der Waals surface area contributed by atoms with Crippen molar-refractivity contribution in [1.82, 2.24) is 9.47 Å². The van der Waals surface area contributed by atoms with Gasteiger partial charge in [-0.2, -0.15) is 0 Å². The second-order valence-electron chi connectivity index (χ2n) is 6.14. The zero-order valence-electron chi connectivity index (χ0n) is 13.1. The molecule has 0 radical (unpaired) electrons. The molecule has 1 aromatic heterocycles. The van der Waals surface area contributed by atoms with E-state index >= 15 is 0 Å². The van der Waals surface area contributed by atoms with E-state index in [1.54, 1.807) is 0 Å². The van der Waals surface area contributed by atoms with Gasteiger partial charge in [0, 0.05) is 37.3 Å². The maximum atomic E-state index is 12.5. The highest BCUT2D eigenvalue weighted by Gasteiger charge is 2.22. The molecular formula is C16H24N2O3. The largest absolute Gasteiger partial charge is 0.481 e. The molecule has 5 heteroatoms. The molecule has 0 fully saturated rings. The lowest BCUT2D eigenvalue weighted by molar-refractivity contribution is -0.136. The van der Waals surface area contributed by atoms with Crippen molar-refractivity contribution in [1.29, 1.82) is 0 Å². The molecule has 0 aromatic carbocycles. The average Bonchev–Trinajstić information content (AvgIpc) is 2.41. The number of hydrogen-bond acceptors (Lipinski definition) is 3. The smallest absolute Gasteiger partial charge is 0.308 e. The normalized spacial score (nSPS) is 15.2. The first-order valence-corrected chi connectivity index (χ1v) is 7.61. The minimum Gasteiger partial charge on any atom is -0.481 e. The molecule has 0 amide bonds. The van der Waals surface area contributed by atoms with Crippen molar-refractivity contribution in [3.05, 3.63) is 33.2 Å². The van der Waals surface area contributed by atoms with Gasteiger partial charge in [0.15, 0.2) is 0 Å². The number of carbonyl (C=O) groups is 1. The molecule has 1 aliphatic heterocycles. The third-order valence-corrected chi connectivity index (χ3v) is 3.96. The van der Waals surface area contributed by atoms with E-state index in [-0.39, 0.29) is 12.0 Å². The predicted octanol–water partition coefficient (Wildman–Crippen LogP) is 1.51. The molecule has 0 unspecified atom stereocenters. The van der Waals surface area contributed by atoms with Gasteiger partial charge in [0.2, 0.25) is 0 Å². The van der Waals surface area contributed by atoms with E-state index in [0.717, 1.165) is 37.3 Å². The fourth-order valence-electron chi connectivity index (χ4n) is 2.96. The van der Waals surface area contributed by atoms with Crippen molar-refractivity contribution < 1.29 is 9.90 Å². The van der Waals surface area contributed by atoms with Crippen LogP contribution < -0.4 is 5.56 Å². The molecule has 2 heterocycles. The van der Waals surface area contributed by atoms with E-state index < -0.39 is 5.97 Å². The van der Waals surface area contributed by atoms with Gasteiger partial charge in [0.1, 0.15) is 0 Å². The molecule has 1 N–H and O–H groups in total. The standard InChI is InChI=1S/C16H24N2O3/c1-4-17-6-5-14-13(10-17)7-12(8-15(19)20)16(21)18(14)9-11(2)3/h7,11H,4-6,8-10H2,1-3H3,(H,19,20). The molecule has 1 aliphatic rings. The van der Waals surface area contributed by atoms with Crippen LogP contribution in [0.5, 0.6) is 0 Å². The van der Waals surface area contributed by atoms with Gasteiger partial charge in [0.25, 0.3) is 5.56 Å². The number of aromatic nitrogens is 1. The Bertz CT molecular complexity index is 590. The lowest BCUT2D eigenvalue weighted by Crippen LogP contribution is -2.37. The van der Waals surface area contributed by atoms with Crippen LogP contribution in [0.1, 0.15) is 37.6 Å². The summed E-state index contributed by atoms with van der Waals surface area (Å²) in [5, 5.41) is 9.01. The summed E-state index contributed by atoms with van der Waals surface area (Å²) in [6.07, 6.45) is 0.662. The quantitative estimate of drug-likeness (QED) is 0.893. The van der Waals surface area contributed by atoms with Gasteiger partial charge in [-0.3, -0.25) is 14.5 Å². The Morgan fingerprint density at radius 3 is 2.71 bits per heavy atom. The summed E-state index contributed by atoms with van der Waals surface area (Å²) in [5.41, 5.74) is 2.47. The number of nitrogens with zero attached hydrogens (tertiary/aromatic N) is 2. The number of hydrogen-bond donors (Lipinski definition) is 1. The van der Waals surface area contributed by atoms with Crippen LogP contribution in [0, 0.1) is 5.92 Å². The number of carboxylic acid groups (broad SMARTS) is 1. The molecule has 116 valence electrons. The lowest BCUT2D eigenvalue weighted by Gasteiger charge is -2.30. The summed E-state index contributed by atoms with van der Waals surface area (Å²) in [5.74, 6) is -0.595. The van der Waals surface area contributed by atoms with E-state index in [0.29, 0.717) is 18.0 Å². The Labute approximate surface area is 125 Å². The van der Waals surface area contributed by atoms with Crippen molar-refractivity contribution in [2.24, 2.45) is 5.92 Å². The van der Waals surface area contributed by atoms with Crippen LogP contribution >= 0.6 is 0 Å². The van der Waals surface area contributed by atoms with Crippen molar-refractivity contribution in [2.45, 2.75) is 46.7 Å². The Morgan fingerprint density at radius 1 is 1.43 bits per heavy atom. The van der Waals surface area contributed by atoms with Crippen LogP contribution in [0.3, 0.4) is 0 Å². The second-order valence-corrected chi connectivity index (χ2v) is 6.14. The van der Waals surface area contributed by atoms with E-state index in [4.69, 9.17) is 5.11 Å². The maximum Gasteiger partial charge on any atom is 0.308 e. The highest BCUT2D eigenvalue weighted by atomic mass is 16.4. The van der Waals surface area contributed by atoms with Gasteiger partial charge in [0.05, 0.1) is 6.42 Å². The maximum absolute atomic E-state index is 12.5.